The fourth-order valence-corrected chi connectivity index (χ4v) is 2.56. The minimum atomic E-state index is 0.323. The molecule has 1 N–H and O–H groups in total. The Morgan fingerprint density at radius 1 is 1.50 bits per heavy atom. The Labute approximate surface area is 75.7 Å². The highest BCUT2D eigenvalue weighted by Crippen LogP contribution is 2.22. The highest BCUT2D eigenvalue weighted by Gasteiger charge is 2.28. The number of likely N-dealkylation sites (tertiary alicyclic amines) is 1. The molecule has 10 heavy (non-hydrogen) atoms. The molecule has 2 atom stereocenters. The van der Waals surface area contributed by atoms with Crippen molar-refractivity contribution in [2.75, 3.05) is 18.1 Å². The number of aliphatic hydroxyl groups is 1. The van der Waals surface area contributed by atoms with Gasteiger partial charge < -0.3 is 5.11 Å². The third kappa shape index (κ3) is 1.62. The van der Waals surface area contributed by atoms with Gasteiger partial charge in [-0.3, -0.25) is 4.90 Å². The van der Waals surface area contributed by atoms with E-state index >= 15 is 0 Å². The van der Waals surface area contributed by atoms with E-state index in [4.69, 9.17) is 5.11 Å². The van der Waals surface area contributed by atoms with Gasteiger partial charge in [0.05, 0.1) is 6.61 Å². The highest BCUT2D eigenvalue weighted by molar-refractivity contribution is 14.1. The van der Waals surface area contributed by atoms with Gasteiger partial charge in [0.2, 0.25) is 0 Å². The first-order valence-electron chi connectivity index (χ1n) is 3.68. The summed E-state index contributed by atoms with van der Waals surface area (Å²) in [4.78, 5) is 2.30. The minimum Gasteiger partial charge on any atom is -0.395 e. The fraction of sp³-hybridized carbons (Fsp3) is 1.00. The van der Waals surface area contributed by atoms with Gasteiger partial charge in [-0.25, -0.2) is 0 Å². The Hall–Kier alpha value is 0.650. The second kappa shape index (κ2) is 3.88. The third-order valence-corrected chi connectivity index (χ3v) is 3.39. The van der Waals surface area contributed by atoms with Crippen LogP contribution in [0.1, 0.15) is 12.8 Å². The zero-order valence-corrected chi connectivity index (χ0v) is 8.41. The first kappa shape index (κ1) is 8.74. The number of alkyl halides is 1. The first-order valence-corrected chi connectivity index (χ1v) is 5.21. The van der Waals surface area contributed by atoms with Crippen LogP contribution in [0.15, 0.2) is 0 Å². The molecular weight excluding hydrogens is 241 g/mol. The maximum absolute atomic E-state index is 8.91. The van der Waals surface area contributed by atoms with Crippen molar-refractivity contribution in [3.8, 4) is 0 Å². The van der Waals surface area contributed by atoms with Crippen LogP contribution < -0.4 is 0 Å². The molecule has 1 saturated heterocycles. The van der Waals surface area contributed by atoms with Crippen LogP contribution in [0.3, 0.4) is 0 Å². The van der Waals surface area contributed by atoms with Crippen LogP contribution in [0.2, 0.25) is 0 Å². The van der Waals surface area contributed by atoms with Crippen molar-refractivity contribution in [3.05, 3.63) is 0 Å². The van der Waals surface area contributed by atoms with Gasteiger partial charge in [-0.1, -0.05) is 22.6 Å². The van der Waals surface area contributed by atoms with Gasteiger partial charge in [0, 0.05) is 16.5 Å². The van der Waals surface area contributed by atoms with Crippen molar-refractivity contribution in [1.82, 2.24) is 4.90 Å². The second-order valence-corrected chi connectivity index (χ2v) is 3.77. The molecule has 0 amide bonds. The van der Waals surface area contributed by atoms with Gasteiger partial charge in [0.15, 0.2) is 0 Å². The summed E-state index contributed by atoms with van der Waals surface area (Å²) >= 11 is 2.41. The number of hydrogen-bond acceptors (Lipinski definition) is 2. The summed E-state index contributed by atoms with van der Waals surface area (Å²) in [6, 6.07) is 1.14. The smallest absolute Gasteiger partial charge is 0.0586 e. The summed E-state index contributed by atoms with van der Waals surface area (Å²) in [5, 5.41) is 8.91. The molecule has 3 heteroatoms. The van der Waals surface area contributed by atoms with Crippen molar-refractivity contribution in [2.45, 2.75) is 24.9 Å². The number of aliphatic hydroxyl groups excluding tert-OH is 1. The molecule has 1 fully saturated rings. The van der Waals surface area contributed by atoms with Gasteiger partial charge in [0.25, 0.3) is 0 Å². The average Bonchev–Trinajstić information content (AvgIpc) is 2.30. The molecule has 0 aromatic carbocycles. The molecule has 0 aromatic heterocycles. The lowest BCUT2D eigenvalue weighted by Gasteiger charge is -2.22. The molecule has 1 aliphatic rings. The molecule has 0 aliphatic carbocycles. The molecule has 0 saturated carbocycles. The SMILES string of the molecule is CN1C(CO)CCC1CI. The predicted molar refractivity (Wildman–Crippen MR) is 50.5 cm³/mol. The molecule has 1 heterocycles. The molecule has 2 unspecified atom stereocenters. The van der Waals surface area contributed by atoms with Crippen LogP contribution in [0.4, 0.5) is 0 Å². The molecule has 0 spiro atoms. The van der Waals surface area contributed by atoms with Crippen LogP contribution in [-0.4, -0.2) is 40.2 Å². The maximum Gasteiger partial charge on any atom is 0.0586 e. The Morgan fingerprint density at radius 2 is 2.10 bits per heavy atom. The third-order valence-electron chi connectivity index (χ3n) is 2.37. The summed E-state index contributed by atoms with van der Waals surface area (Å²) in [5.41, 5.74) is 0. The summed E-state index contributed by atoms with van der Waals surface area (Å²) in [6.07, 6.45) is 2.42. The summed E-state index contributed by atoms with van der Waals surface area (Å²) < 4.78 is 1.19. The van der Waals surface area contributed by atoms with Crippen LogP contribution in [0.5, 0.6) is 0 Å². The lowest BCUT2D eigenvalue weighted by Crippen LogP contribution is -2.35. The van der Waals surface area contributed by atoms with Crippen molar-refractivity contribution in [3.63, 3.8) is 0 Å². The molecule has 2 nitrogen and oxygen atoms in total. The lowest BCUT2D eigenvalue weighted by atomic mass is 10.2. The Bertz CT molecular complexity index is 97.8. The van der Waals surface area contributed by atoms with Crippen LogP contribution >= 0.6 is 22.6 Å². The predicted octanol–water partition coefficient (Wildman–Crippen LogP) is 0.877. The van der Waals surface area contributed by atoms with Crippen LogP contribution in [0, 0.1) is 0 Å². The van der Waals surface area contributed by atoms with Crippen molar-refractivity contribution in [1.29, 1.82) is 0 Å². The summed E-state index contributed by atoms with van der Waals surface area (Å²) in [7, 11) is 2.11. The molecule has 1 rings (SSSR count). The van der Waals surface area contributed by atoms with Gasteiger partial charge in [0.1, 0.15) is 0 Å². The van der Waals surface area contributed by atoms with E-state index in [1.54, 1.807) is 0 Å². The Kier molecular flexibility index (Phi) is 3.39. The van der Waals surface area contributed by atoms with E-state index in [1.165, 1.54) is 17.3 Å². The number of rotatable bonds is 2. The summed E-state index contributed by atoms with van der Waals surface area (Å²) in [5.74, 6) is 0. The van der Waals surface area contributed by atoms with E-state index in [1.807, 2.05) is 0 Å². The molecule has 60 valence electrons. The zero-order valence-electron chi connectivity index (χ0n) is 6.26. The van der Waals surface area contributed by atoms with E-state index in [-0.39, 0.29) is 0 Å². The molecule has 0 aromatic rings. The van der Waals surface area contributed by atoms with E-state index < -0.39 is 0 Å². The van der Waals surface area contributed by atoms with Gasteiger partial charge >= 0.3 is 0 Å². The number of likely N-dealkylation sites (N-methyl/N-ethyl adjacent to an activating group) is 1. The van der Waals surface area contributed by atoms with E-state index in [2.05, 4.69) is 34.5 Å². The maximum atomic E-state index is 8.91. The van der Waals surface area contributed by atoms with Crippen molar-refractivity contribution >= 4 is 22.6 Å². The normalized spacial score (nSPS) is 35.1. The molecular formula is C7H14INO. The largest absolute Gasteiger partial charge is 0.395 e. The Balaban J connectivity index is 2.41. The Morgan fingerprint density at radius 3 is 2.40 bits per heavy atom. The molecule has 1 aliphatic heterocycles. The van der Waals surface area contributed by atoms with Gasteiger partial charge in [-0.05, 0) is 19.9 Å². The fourth-order valence-electron chi connectivity index (χ4n) is 1.50. The molecule has 0 radical (unpaired) electrons. The number of nitrogens with zero attached hydrogens (tertiary/aromatic N) is 1. The standard InChI is InChI=1S/C7H14INO/c1-9-6(4-8)2-3-7(9)5-10/h6-7,10H,2-5H2,1H3. The molecule has 0 bridgehead atoms. The second-order valence-electron chi connectivity index (χ2n) is 2.89. The van der Waals surface area contributed by atoms with Crippen LogP contribution in [-0.2, 0) is 0 Å². The minimum absolute atomic E-state index is 0.323. The lowest BCUT2D eigenvalue weighted by molar-refractivity contribution is 0.163. The van der Waals surface area contributed by atoms with E-state index in [9.17, 15) is 0 Å². The van der Waals surface area contributed by atoms with Crippen molar-refractivity contribution in [2.24, 2.45) is 0 Å². The average molecular weight is 255 g/mol. The van der Waals surface area contributed by atoms with Crippen molar-refractivity contribution < 1.29 is 5.11 Å². The topological polar surface area (TPSA) is 23.5 Å². The quantitative estimate of drug-likeness (QED) is 0.584. The zero-order chi connectivity index (χ0) is 7.56. The van der Waals surface area contributed by atoms with E-state index in [0.29, 0.717) is 18.7 Å². The van der Waals surface area contributed by atoms with Crippen LogP contribution in [0.25, 0.3) is 0 Å². The van der Waals surface area contributed by atoms with E-state index in [0.717, 1.165) is 0 Å². The monoisotopic (exact) mass is 255 g/mol. The first-order chi connectivity index (χ1) is 4.79. The number of hydrogen-bond donors (Lipinski definition) is 1. The van der Waals surface area contributed by atoms with Gasteiger partial charge in [-0.15, -0.1) is 0 Å². The number of halogens is 1. The highest BCUT2D eigenvalue weighted by atomic mass is 127. The van der Waals surface area contributed by atoms with Gasteiger partial charge in [-0.2, -0.15) is 0 Å². The summed E-state index contributed by atoms with van der Waals surface area (Å²) in [6.45, 7) is 0.323.